The highest BCUT2D eigenvalue weighted by atomic mass is 35.5. The largest absolute Gasteiger partial charge is 0.379 e. The van der Waals surface area contributed by atoms with Crippen molar-refractivity contribution in [3.05, 3.63) is 0 Å². The number of morpholine rings is 1. The Morgan fingerprint density at radius 2 is 2.06 bits per heavy atom. The summed E-state index contributed by atoms with van der Waals surface area (Å²) in [4.78, 5) is 0. The molecule has 2 N–H and O–H groups in total. The normalized spacial score (nSPS) is 25.9. The van der Waals surface area contributed by atoms with E-state index < -0.39 is 10.2 Å². The van der Waals surface area contributed by atoms with Crippen LogP contribution >= 0.6 is 12.4 Å². The second-order valence-electron chi connectivity index (χ2n) is 4.56. The van der Waals surface area contributed by atoms with E-state index >= 15 is 0 Å². The van der Waals surface area contributed by atoms with Crippen molar-refractivity contribution in [1.29, 1.82) is 0 Å². The van der Waals surface area contributed by atoms with Crippen LogP contribution in [-0.2, 0) is 14.9 Å². The van der Waals surface area contributed by atoms with Crippen molar-refractivity contribution in [2.45, 2.75) is 12.8 Å². The van der Waals surface area contributed by atoms with Crippen molar-refractivity contribution in [1.82, 2.24) is 14.3 Å². The van der Waals surface area contributed by atoms with Crippen LogP contribution in [0.5, 0.6) is 0 Å². The van der Waals surface area contributed by atoms with Crippen LogP contribution in [0.1, 0.15) is 12.8 Å². The number of halogens is 1. The van der Waals surface area contributed by atoms with Gasteiger partial charge in [-0.05, 0) is 31.8 Å². The zero-order valence-electron chi connectivity index (χ0n) is 10.4. The van der Waals surface area contributed by atoms with E-state index in [0.717, 1.165) is 25.9 Å². The second-order valence-corrected chi connectivity index (χ2v) is 6.31. The lowest BCUT2D eigenvalue weighted by atomic mass is 10.1. The summed E-state index contributed by atoms with van der Waals surface area (Å²) in [5, 5.41) is 3.28. The second kappa shape index (κ2) is 7.62. The molecule has 2 saturated heterocycles. The number of ether oxygens (including phenoxy) is 1. The Hall–Kier alpha value is 0.0800. The van der Waals surface area contributed by atoms with Gasteiger partial charge in [-0.15, -0.1) is 12.4 Å². The molecule has 0 aromatic carbocycles. The van der Waals surface area contributed by atoms with Gasteiger partial charge >= 0.3 is 0 Å². The molecule has 0 spiro atoms. The summed E-state index contributed by atoms with van der Waals surface area (Å²) in [5.41, 5.74) is 0. The summed E-state index contributed by atoms with van der Waals surface area (Å²) in [6.45, 7) is 4.51. The maximum Gasteiger partial charge on any atom is 0.279 e. The monoisotopic (exact) mass is 299 g/mol. The SMILES string of the molecule is Cl.O=S(=O)(NCCC1CCNC1)N1CCOCC1. The summed E-state index contributed by atoms with van der Waals surface area (Å²) in [6, 6.07) is 0. The van der Waals surface area contributed by atoms with E-state index in [1.165, 1.54) is 4.31 Å². The molecule has 1 atom stereocenters. The third kappa shape index (κ3) is 4.64. The fourth-order valence-electron chi connectivity index (χ4n) is 2.23. The quantitative estimate of drug-likeness (QED) is 0.723. The summed E-state index contributed by atoms with van der Waals surface area (Å²) >= 11 is 0. The maximum absolute atomic E-state index is 11.9. The minimum atomic E-state index is -3.29. The van der Waals surface area contributed by atoms with Crippen LogP contribution in [0.2, 0.25) is 0 Å². The standard InChI is InChI=1S/C10H21N3O3S.ClH/c14-17(15,13-5-7-16-8-6-13)12-4-2-10-1-3-11-9-10;/h10-12H,1-9H2;1H. The van der Waals surface area contributed by atoms with Gasteiger partial charge in [0, 0.05) is 19.6 Å². The van der Waals surface area contributed by atoms with Gasteiger partial charge in [0.2, 0.25) is 0 Å². The third-order valence-electron chi connectivity index (χ3n) is 3.31. The zero-order valence-corrected chi connectivity index (χ0v) is 12.1. The maximum atomic E-state index is 11.9. The Balaban J connectivity index is 0.00000162. The van der Waals surface area contributed by atoms with Crippen LogP contribution < -0.4 is 10.0 Å². The van der Waals surface area contributed by atoms with E-state index in [-0.39, 0.29) is 12.4 Å². The van der Waals surface area contributed by atoms with E-state index in [2.05, 4.69) is 10.0 Å². The summed E-state index contributed by atoms with van der Waals surface area (Å²) in [6.07, 6.45) is 2.07. The van der Waals surface area contributed by atoms with Crippen LogP contribution in [0.25, 0.3) is 0 Å². The van der Waals surface area contributed by atoms with Gasteiger partial charge in [-0.3, -0.25) is 0 Å². The molecule has 0 amide bonds. The molecule has 2 aliphatic rings. The van der Waals surface area contributed by atoms with Crippen LogP contribution in [0.15, 0.2) is 0 Å². The van der Waals surface area contributed by atoms with E-state index in [1.807, 2.05) is 0 Å². The molecule has 1 unspecified atom stereocenters. The Morgan fingerprint density at radius 3 is 2.67 bits per heavy atom. The average molecular weight is 300 g/mol. The highest BCUT2D eigenvalue weighted by molar-refractivity contribution is 7.87. The molecule has 2 rings (SSSR count). The van der Waals surface area contributed by atoms with Gasteiger partial charge < -0.3 is 10.1 Å². The first-order chi connectivity index (χ1) is 8.18. The average Bonchev–Trinajstić information content (AvgIpc) is 2.83. The lowest BCUT2D eigenvalue weighted by Gasteiger charge is -2.26. The van der Waals surface area contributed by atoms with Crippen LogP contribution in [0, 0.1) is 5.92 Å². The van der Waals surface area contributed by atoms with Crippen molar-refractivity contribution >= 4 is 22.6 Å². The number of hydrogen-bond acceptors (Lipinski definition) is 4. The molecule has 108 valence electrons. The molecule has 2 fully saturated rings. The first kappa shape index (κ1) is 16.1. The molecular weight excluding hydrogens is 278 g/mol. The smallest absolute Gasteiger partial charge is 0.279 e. The first-order valence-corrected chi connectivity index (χ1v) is 7.66. The van der Waals surface area contributed by atoms with Gasteiger partial charge in [0.05, 0.1) is 13.2 Å². The molecule has 0 bridgehead atoms. The van der Waals surface area contributed by atoms with Gasteiger partial charge in [0.1, 0.15) is 0 Å². The molecule has 0 radical (unpaired) electrons. The van der Waals surface area contributed by atoms with Gasteiger partial charge in [-0.1, -0.05) is 0 Å². The Bertz CT molecular complexity index is 327. The van der Waals surface area contributed by atoms with E-state index in [0.29, 0.717) is 38.8 Å². The fourth-order valence-corrected chi connectivity index (χ4v) is 3.42. The van der Waals surface area contributed by atoms with Crippen molar-refractivity contribution in [2.75, 3.05) is 45.9 Å². The number of hydrogen-bond donors (Lipinski definition) is 2. The van der Waals surface area contributed by atoms with Crippen LogP contribution in [0.3, 0.4) is 0 Å². The van der Waals surface area contributed by atoms with Gasteiger partial charge in [0.25, 0.3) is 10.2 Å². The molecule has 2 aliphatic heterocycles. The van der Waals surface area contributed by atoms with Crippen molar-refractivity contribution in [3.8, 4) is 0 Å². The summed E-state index contributed by atoms with van der Waals surface area (Å²) < 4.78 is 33.1. The Labute approximate surface area is 115 Å². The third-order valence-corrected chi connectivity index (χ3v) is 4.92. The van der Waals surface area contributed by atoms with E-state index in [4.69, 9.17) is 4.74 Å². The molecule has 6 nitrogen and oxygen atoms in total. The van der Waals surface area contributed by atoms with E-state index in [1.54, 1.807) is 0 Å². The molecule has 8 heteroatoms. The molecule has 2 heterocycles. The van der Waals surface area contributed by atoms with Gasteiger partial charge in [0.15, 0.2) is 0 Å². The van der Waals surface area contributed by atoms with Gasteiger partial charge in [-0.25, -0.2) is 4.72 Å². The minimum absolute atomic E-state index is 0. The fraction of sp³-hybridized carbons (Fsp3) is 1.00. The molecule has 0 saturated carbocycles. The highest BCUT2D eigenvalue weighted by Crippen LogP contribution is 2.11. The summed E-state index contributed by atoms with van der Waals surface area (Å²) in [7, 11) is -3.29. The van der Waals surface area contributed by atoms with Crippen molar-refractivity contribution in [3.63, 3.8) is 0 Å². The van der Waals surface area contributed by atoms with Crippen molar-refractivity contribution in [2.24, 2.45) is 5.92 Å². The molecule has 0 aliphatic carbocycles. The van der Waals surface area contributed by atoms with Crippen molar-refractivity contribution < 1.29 is 13.2 Å². The Kier molecular flexibility index (Phi) is 6.83. The number of rotatable bonds is 5. The number of nitrogens with one attached hydrogen (secondary N) is 2. The first-order valence-electron chi connectivity index (χ1n) is 6.22. The molecule has 0 aromatic heterocycles. The highest BCUT2D eigenvalue weighted by Gasteiger charge is 2.24. The zero-order chi connectivity index (χ0) is 12.1. The minimum Gasteiger partial charge on any atom is -0.379 e. The lowest BCUT2D eigenvalue weighted by Crippen LogP contribution is -2.47. The number of nitrogens with zero attached hydrogens (tertiary/aromatic N) is 1. The molecule has 18 heavy (non-hydrogen) atoms. The molecule has 0 aromatic rings. The van der Waals surface area contributed by atoms with Crippen LogP contribution in [-0.4, -0.2) is 58.7 Å². The Morgan fingerprint density at radius 1 is 1.33 bits per heavy atom. The predicted octanol–water partition coefficient (Wildman–Crippen LogP) is -0.426. The lowest BCUT2D eigenvalue weighted by molar-refractivity contribution is 0.0725. The summed E-state index contributed by atoms with van der Waals surface area (Å²) in [5.74, 6) is 0.613. The van der Waals surface area contributed by atoms with Crippen LogP contribution in [0.4, 0.5) is 0 Å². The predicted molar refractivity (Wildman–Crippen MR) is 72.2 cm³/mol. The van der Waals surface area contributed by atoms with E-state index in [9.17, 15) is 8.42 Å². The topological polar surface area (TPSA) is 70.7 Å². The molecular formula is C10H22ClN3O3S. The van der Waals surface area contributed by atoms with Gasteiger partial charge in [-0.2, -0.15) is 12.7 Å².